The topological polar surface area (TPSA) is 82.8 Å². The van der Waals surface area contributed by atoms with Crippen molar-refractivity contribution in [3.05, 3.63) is 53.2 Å². The van der Waals surface area contributed by atoms with Crippen LogP contribution in [0.3, 0.4) is 0 Å². The van der Waals surface area contributed by atoms with Gasteiger partial charge < -0.3 is 10.3 Å². The van der Waals surface area contributed by atoms with Gasteiger partial charge in [-0.05, 0) is 25.5 Å². The third-order valence-electron chi connectivity index (χ3n) is 3.30. The summed E-state index contributed by atoms with van der Waals surface area (Å²) in [6.45, 7) is 4.97. The normalized spacial score (nSPS) is 11.0. The maximum absolute atomic E-state index is 5.59. The lowest BCUT2D eigenvalue weighted by Crippen LogP contribution is -2.04. The average Bonchev–Trinajstić information content (AvgIpc) is 3.07. The lowest BCUT2D eigenvalue weighted by molar-refractivity contribution is 0.364. The molecule has 0 radical (unpaired) electrons. The Balaban J connectivity index is 1.80. The molecular weight excluding hydrogens is 266 g/mol. The van der Waals surface area contributed by atoms with Crippen LogP contribution < -0.4 is 5.73 Å². The van der Waals surface area contributed by atoms with Gasteiger partial charge in [0.15, 0.2) is 0 Å². The molecule has 0 amide bonds. The second kappa shape index (κ2) is 5.49. The van der Waals surface area contributed by atoms with Gasteiger partial charge in [0.2, 0.25) is 11.7 Å². The van der Waals surface area contributed by atoms with Crippen molar-refractivity contribution in [2.45, 2.75) is 26.9 Å². The fourth-order valence-electron chi connectivity index (χ4n) is 2.19. The average molecular weight is 283 g/mol. The summed E-state index contributed by atoms with van der Waals surface area (Å²) in [7, 11) is 0. The number of aryl methyl sites for hydroxylation is 2. The van der Waals surface area contributed by atoms with Crippen LogP contribution in [0, 0.1) is 13.8 Å². The molecule has 2 N–H and O–H groups in total. The number of aromatic nitrogens is 4. The van der Waals surface area contributed by atoms with Gasteiger partial charge in [-0.3, -0.25) is 4.68 Å². The molecule has 3 rings (SSSR count). The van der Waals surface area contributed by atoms with Gasteiger partial charge in [0.1, 0.15) is 6.54 Å². The van der Waals surface area contributed by atoms with E-state index >= 15 is 0 Å². The van der Waals surface area contributed by atoms with E-state index in [-0.39, 0.29) is 0 Å². The van der Waals surface area contributed by atoms with Crippen LogP contribution in [0.1, 0.15) is 22.8 Å². The van der Waals surface area contributed by atoms with Gasteiger partial charge in [-0.2, -0.15) is 10.1 Å². The maximum Gasteiger partial charge on any atom is 0.248 e. The SMILES string of the molecule is Cc1cc(C)n(Cc2nc(-c3ccc(CN)cc3)no2)n1. The van der Waals surface area contributed by atoms with Crippen LogP contribution in [0.5, 0.6) is 0 Å². The largest absolute Gasteiger partial charge is 0.337 e. The summed E-state index contributed by atoms with van der Waals surface area (Å²) in [6, 6.07) is 9.84. The van der Waals surface area contributed by atoms with E-state index in [1.54, 1.807) is 0 Å². The van der Waals surface area contributed by atoms with E-state index in [1.807, 2.05) is 48.9 Å². The molecular formula is C15H17N5O. The van der Waals surface area contributed by atoms with E-state index in [9.17, 15) is 0 Å². The second-order valence-corrected chi connectivity index (χ2v) is 5.00. The summed E-state index contributed by atoms with van der Waals surface area (Å²) in [5.41, 5.74) is 9.62. The Kier molecular flexibility index (Phi) is 3.53. The number of hydrogen-bond acceptors (Lipinski definition) is 5. The summed E-state index contributed by atoms with van der Waals surface area (Å²) in [5.74, 6) is 1.12. The van der Waals surface area contributed by atoms with E-state index in [2.05, 4.69) is 15.2 Å². The van der Waals surface area contributed by atoms with Crippen LogP contribution in [-0.4, -0.2) is 19.9 Å². The minimum absolute atomic E-state index is 0.480. The molecule has 0 aliphatic rings. The summed E-state index contributed by atoms with van der Waals surface area (Å²) >= 11 is 0. The van der Waals surface area contributed by atoms with Crippen molar-refractivity contribution in [3.8, 4) is 11.4 Å². The number of benzene rings is 1. The van der Waals surface area contributed by atoms with Gasteiger partial charge in [-0.1, -0.05) is 29.4 Å². The molecule has 21 heavy (non-hydrogen) atoms. The molecule has 108 valence electrons. The van der Waals surface area contributed by atoms with Crippen LogP contribution in [-0.2, 0) is 13.1 Å². The van der Waals surface area contributed by atoms with Crippen LogP contribution >= 0.6 is 0 Å². The molecule has 0 saturated heterocycles. The fraction of sp³-hybridized carbons (Fsp3) is 0.267. The van der Waals surface area contributed by atoms with E-state index in [0.29, 0.717) is 24.8 Å². The highest BCUT2D eigenvalue weighted by atomic mass is 16.5. The molecule has 1 aromatic carbocycles. The number of nitrogens with two attached hydrogens (primary N) is 1. The van der Waals surface area contributed by atoms with Gasteiger partial charge in [0, 0.05) is 17.8 Å². The van der Waals surface area contributed by atoms with Crippen molar-refractivity contribution in [1.29, 1.82) is 0 Å². The first-order chi connectivity index (χ1) is 10.2. The Bertz CT molecular complexity index is 742. The first-order valence-corrected chi connectivity index (χ1v) is 6.79. The van der Waals surface area contributed by atoms with Crippen LogP contribution in [0.25, 0.3) is 11.4 Å². The molecule has 0 aliphatic carbocycles. The molecule has 2 aromatic heterocycles. The van der Waals surface area contributed by atoms with E-state index < -0.39 is 0 Å². The molecule has 0 spiro atoms. The second-order valence-electron chi connectivity index (χ2n) is 5.00. The van der Waals surface area contributed by atoms with Crippen LogP contribution in [0.4, 0.5) is 0 Å². The molecule has 0 atom stereocenters. The van der Waals surface area contributed by atoms with Gasteiger partial charge in [0.05, 0.1) is 5.69 Å². The van der Waals surface area contributed by atoms with Crippen molar-refractivity contribution in [3.63, 3.8) is 0 Å². The zero-order valence-corrected chi connectivity index (χ0v) is 12.1. The Labute approximate surface area is 122 Å². The first kappa shape index (κ1) is 13.5. The highest BCUT2D eigenvalue weighted by molar-refractivity contribution is 5.54. The zero-order chi connectivity index (χ0) is 14.8. The predicted molar refractivity (Wildman–Crippen MR) is 78.4 cm³/mol. The van der Waals surface area contributed by atoms with Gasteiger partial charge >= 0.3 is 0 Å². The van der Waals surface area contributed by atoms with E-state index in [0.717, 1.165) is 22.5 Å². The molecule has 0 aliphatic heterocycles. The Morgan fingerprint density at radius 3 is 2.57 bits per heavy atom. The summed E-state index contributed by atoms with van der Waals surface area (Å²) in [4.78, 5) is 4.41. The number of rotatable bonds is 4. The smallest absolute Gasteiger partial charge is 0.248 e. The Morgan fingerprint density at radius 1 is 1.19 bits per heavy atom. The number of hydrogen-bond donors (Lipinski definition) is 1. The molecule has 0 unspecified atom stereocenters. The van der Waals surface area contributed by atoms with Gasteiger partial charge in [0.25, 0.3) is 0 Å². The molecule has 6 heteroatoms. The van der Waals surface area contributed by atoms with Gasteiger partial charge in [-0.15, -0.1) is 0 Å². The van der Waals surface area contributed by atoms with Crippen molar-refractivity contribution in [2.75, 3.05) is 0 Å². The van der Waals surface area contributed by atoms with Crippen LogP contribution in [0.15, 0.2) is 34.9 Å². The highest BCUT2D eigenvalue weighted by Gasteiger charge is 2.11. The number of nitrogens with zero attached hydrogens (tertiary/aromatic N) is 4. The van der Waals surface area contributed by atoms with Crippen molar-refractivity contribution < 1.29 is 4.52 Å². The highest BCUT2D eigenvalue weighted by Crippen LogP contribution is 2.17. The van der Waals surface area contributed by atoms with E-state index in [4.69, 9.17) is 10.3 Å². The van der Waals surface area contributed by atoms with Crippen LogP contribution in [0.2, 0.25) is 0 Å². The van der Waals surface area contributed by atoms with Crippen molar-refractivity contribution >= 4 is 0 Å². The summed E-state index contributed by atoms with van der Waals surface area (Å²) < 4.78 is 7.15. The third kappa shape index (κ3) is 2.85. The monoisotopic (exact) mass is 283 g/mol. The summed E-state index contributed by atoms with van der Waals surface area (Å²) in [6.07, 6.45) is 0. The molecule has 3 aromatic rings. The van der Waals surface area contributed by atoms with Crippen molar-refractivity contribution in [2.24, 2.45) is 5.73 Å². The molecule has 6 nitrogen and oxygen atoms in total. The van der Waals surface area contributed by atoms with E-state index in [1.165, 1.54) is 0 Å². The predicted octanol–water partition coefficient (Wildman–Crippen LogP) is 2.06. The maximum atomic E-state index is 5.59. The third-order valence-corrected chi connectivity index (χ3v) is 3.30. The first-order valence-electron chi connectivity index (χ1n) is 6.79. The minimum atomic E-state index is 0.480. The zero-order valence-electron chi connectivity index (χ0n) is 12.1. The van der Waals surface area contributed by atoms with Gasteiger partial charge in [-0.25, -0.2) is 0 Å². The Hall–Kier alpha value is -2.47. The summed E-state index contributed by atoms with van der Waals surface area (Å²) in [5, 5.41) is 8.40. The fourth-order valence-corrected chi connectivity index (χ4v) is 2.19. The lowest BCUT2D eigenvalue weighted by Gasteiger charge is -1.99. The van der Waals surface area contributed by atoms with Crippen molar-refractivity contribution in [1.82, 2.24) is 19.9 Å². The standard InChI is InChI=1S/C15H17N5O/c1-10-7-11(2)20(18-10)9-14-17-15(19-21-14)13-5-3-12(8-16)4-6-13/h3-7H,8-9,16H2,1-2H3. The lowest BCUT2D eigenvalue weighted by atomic mass is 10.1. The molecule has 0 saturated carbocycles. The molecule has 0 fully saturated rings. The Morgan fingerprint density at radius 2 is 1.95 bits per heavy atom. The molecule has 2 heterocycles. The molecule has 0 bridgehead atoms. The minimum Gasteiger partial charge on any atom is -0.337 e. The quantitative estimate of drug-likeness (QED) is 0.792.